The summed E-state index contributed by atoms with van der Waals surface area (Å²) in [7, 11) is -0.247. The maximum Gasteiger partial charge on any atom is 0.337 e. The first kappa shape index (κ1) is 17.9. The van der Waals surface area contributed by atoms with Crippen molar-refractivity contribution in [2.24, 2.45) is 0 Å². The van der Waals surface area contributed by atoms with Crippen LogP contribution < -0.4 is 0 Å². The number of carbonyl (C=O) groups excluding carboxylic acids is 1. The van der Waals surface area contributed by atoms with Crippen molar-refractivity contribution in [3.05, 3.63) is 35.4 Å². The predicted molar refractivity (Wildman–Crippen MR) is 89.3 cm³/mol. The van der Waals surface area contributed by atoms with E-state index >= 15 is 0 Å². The first-order valence-corrected chi connectivity index (χ1v) is 10.4. The third-order valence-corrected chi connectivity index (χ3v) is 8.77. The minimum absolute atomic E-state index is 0.248. The molecule has 0 aliphatic heterocycles. The molecule has 0 aliphatic carbocycles. The first-order chi connectivity index (χ1) is 9.67. The van der Waals surface area contributed by atoms with E-state index in [1.54, 1.807) is 6.07 Å². The molecule has 0 radical (unpaired) electrons. The average Bonchev–Trinajstić information content (AvgIpc) is 2.42. The van der Waals surface area contributed by atoms with Crippen LogP contribution in [0.3, 0.4) is 0 Å². The van der Waals surface area contributed by atoms with Gasteiger partial charge in [-0.15, -0.1) is 0 Å². The number of hydrogen-bond donors (Lipinski definition) is 0. The highest BCUT2D eigenvalue weighted by molar-refractivity contribution is 6.74. The lowest BCUT2D eigenvalue weighted by Crippen LogP contribution is -2.41. The fourth-order valence-electron chi connectivity index (χ4n) is 1.79. The molecule has 0 saturated carbocycles. The van der Waals surface area contributed by atoms with Crippen LogP contribution in [0.15, 0.2) is 24.3 Å². The summed E-state index contributed by atoms with van der Waals surface area (Å²) in [6, 6.07) is 7.62. The fraction of sp³-hybridized carbons (Fsp3) is 0.588. The maximum atomic E-state index is 11.5. The Hall–Kier alpha value is -1.13. The van der Waals surface area contributed by atoms with Crippen LogP contribution in [-0.4, -0.2) is 28.0 Å². The van der Waals surface area contributed by atoms with Gasteiger partial charge in [0.15, 0.2) is 8.32 Å². The minimum atomic E-state index is -1.65. The molecule has 0 unspecified atom stereocenters. The molecule has 0 aliphatic rings. The van der Waals surface area contributed by atoms with Gasteiger partial charge in [-0.25, -0.2) is 4.79 Å². The smallest absolute Gasteiger partial charge is 0.337 e. The Morgan fingerprint density at radius 3 is 2.48 bits per heavy atom. The Morgan fingerprint density at radius 2 is 1.90 bits per heavy atom. The SMILES string of the molecule is COC(=O)c1cccc(CCCO[Si](C)(C)C(C)(C)C)c1. The summed E-state index contributed by atoms with van der Waals surface area (Å²) in [4.78, 5) is 11.5. The molecular weight excluding hydrogens is 280 g/mol. The van der Waals surface area contributed by atoms with Crippen LogP contribution in [-0.2, 0) is 15.6 Å². The topological polar surface area (TPSA) is 35.5 Å². The number of aryl methyl sites for hydroxylation is 1. The van der Waals surface area contributed by atoms with E-state index in [0.717, 1.165) is 25.0 Å². The summed E-state index contributed by atoms with van der Waals surface area (Å²) >= 11 is 0. The van der Waals surface area contributed by atoms with Crippen molar-refractivity contribution >= 4 is 14.3 Å². The standard InChI is InChI=1S/C17H28O3Si/c1-17(2,3)21(5,6)20-12-8-10-14-9-7-11-15(13-14)16(18)19-4/h7,9,11,13H,8,10,12H2,1-6H3. The van der Waals surface area contributed by atoms with E-state index in [-0.39, 0.29) is 11.0 Å². The molecule has 0 heterocycles. The van der Waals surface area contributed by atoms with Crippen molar-refractivity contribution in [2.75, 3.05) is 13.7 Å². The van der Waals surface area contributed by atoms with Gasteiger partial charge in [0.05, 0.1) is 12.7 Å². The van der Waals surface area contributed by atoms with Gasteiger partial charge in [0.2, 0.25) is 0 Å². The van der Waals surface area contributed by atoms with Gasteiger partial charge in [0.1, 0.15) is 0 Å². The molecule has 0 fully saturated rings. The van der Waals surface area contributed by atoms with Gasteiger partial charge in [-0.3, -0.25) is 0 Å². The van der Waals surface area contributed by atoms with Crippen molar-refractivity contribution in [1.82, 2.24) is 0 Å². The second-order valence-electron chi connectivity index (χ2n) is 6.90. The number of hydrogen-bond acceptors (Lipinski definition) is 3. The van der Waals surface area contributed by atoms with Crippen molar-refractivity contribution in [3.8, 4) is 0 Å². The van der Waals surface area contributed by atoms with E-state index < -0.39 is 8.32 Å². The maximum absolute atomic E-state index is 11.5. The van der Waals surface area contributed by atoms with Crippen molar-refractivity contribution in [2.45, 2.75) is 51.7 Å². The molecule has 0 amide bonds. The third-order valence-electron chi connectivity index (χ3n) is 4.23. The molecule has 1 aromatic carbocycles. The van der Waals surface area contributed by atoms with E-state index in [4.69, 9.17) is 9.16 Å². The van der Waals surface area contributed by atoms with Crippen LogP contribution in [0.5, 0.6) is 0 Å². The minimum Gasteiger partial charge on any atom is -0.465 e. The Morgan fingerprint density at radius 1 is 1.24 bits per heavy atom. The lowest BCUT2D eigenvalue weighted by atomic mass is 10.1. The molecule has 118 valence electrons. The summed E-state index contributed by atoms with van der Waals surface area (Å²) < 4.78 is 10.9. The van der Waals surface area contributed by atoms with E-state index in [1.807, 2.05) is 18.2 Å². The Balaban J connectivity index is 2.48. The largest absolute Gasteiger partial charge is 0.465 e. The van der Waals surface area contributed by atoms with Crippen molar-refractivity contribution in [1.29, 1.82) is 0 Å². The van der Waals surface area contributed by atoms with Crippen LogP contribution in [0.2, 0.25) is 18.1 Å². The second kappa shape index (κ2) is 7.23. The molecular formula is C17H28O3Si. The Kier molecular flexibility index (Phi) is 6.17. The highest BCUT2D eigenvalue weighted by Crippen LogP contribution is 2.36. The average molecular weight is 308 g/mol. The molecule has 0 bridgehead atoms. The van der Waals surface area contributed by atoms with Gasteiger partial charge >= 0.3 is 5.97 Å². The summed E-state index contributed by atoms with van der Waals surface area (Å²) in [5.74, 6) is -0.283. The van der Waals surface area contributed by atoms with Crippen LogP contribution >= 0.6 is 0 Å². The van der Waals surface area contributed by atoms with Crippen LogP contribution in [0.1, 0.15) is 43.1 Å². The number of methoxy groups -OCH3 is 1. The molecule has 0 atom stereocenters. The quantitative estimate of drug-likeness (QED) is 0.443. The number of rotatable bonds is 6. The van der Waals surface area contributed by atoms with Crippen molar-refractivity contribution in [3.63, 3.8) is 0 Å². The molecule has 4 heteroatoms. The van der Waals surface area contributed by atoms with Gasteiger partial charge in [-0.2, -0.15) is 0 Å². The van der Waals surface area contributed by atoms with Gasteiger partial charge in [-0.1, -0.05) is 32.9 Å². The molecule has 21 heavy (non-hydrogen) atoms. The third kappa shape index (κ3) is 5.29. The van der Waals surface area contributed by atoms with Gasteiger partial charge in [0.25, 0.3) is 0 Å². The molecule has 1 aromatic rings. The molecule has 0 spiro atoms. The zero-order valence-electron chi connectivity index (χ0n) is 14.2. The van der Waals surface area contributed by atoms with Crippen LogP contribution in [0, 0.1) is 0 Å². The van der Waals surface area contributed by atoms with Crippen LogP contribution in [0.4, 0.5) is 0 Å². The van der Waals surface area contributed by atoms with E-state index in [0.29, 0.717) is 5.56 Å². The zero-order chi connectivity index (χ0) is 16.1. The van der Waals surface area contributed by atoms with Gasteiger partial charge in [0, 0.05) is 6.61 Å². The highest BCUT2D eigenvalue weighted by atomic mass is 28.4. The Labute approximate surface area is 129 Å². The van der Waals surface area contributed by atoms with E-state index in [2.05, 4.69) is 33.9 Å². The number of esters is 1. The van der Waals surface area contributed by atoms with Crippen molar-refractivity contribution < 1.29 is 14.0 Å². The lowest BCUT2D eigenvalue weighted by Gasteiger charge is -2.36. The molecule has 0 N–H and O–H groups in total. The predicted octanol–water partition coefficient (Wildman–Crippen LogP) is 4.43. The summed E-state index contributed by atoms with van der Waals surface area (Å²) in [5, 5.41) is 0.248. The first-order valence-electron chi connectivity index (χ1n) is 7.48. The number of ether oxygens (including phenoxy) is 1. The van der Waals surface area contributed by atoms with Crippen LogP contribution in [0.25, 0.3) is 0 Å². The summed E-state index contributed by atoms with van der Waals surface area (Å²) in [5.41, 5.74) is 1.76. The lowest BCUT2D eigenvalue weighted by molar-refractivity contribution is 0.0600. The van der Waals surface area contributed by atoms with E-state index in [9.17, 15) is 4.79 Å². The molecule has 0 aromatic heterocycles. The number of benzene rings is 1. The van der Waals surface area contributed by atoms with Gasteiger partial charge in [-0.05, 0) is 48.7 Å². The number of carbonyl (C=O) groups is 1. The Bertz CT molecular complexity index is 475. The monoisotopic (exact) mass is 308 g/mol. The van der Waals surface area contributed by atoms with Gasteiger partial charge < -0.3 is 9.16 Å². The summed E-state index contributed by atoms with van der Waals surface area (Å²) in [6.45, 7) is 12.1. The van der Waals surface area contributed by atoms with E-state index in [1.165, 1.54) is 7.11 Å². The molecule has 3 nitrogen and oxygen atoms in total. The zero-order valence-corrected chi connectivity index (χ0v) is 15.2. The fourth-order valence-corrected chi connectivity index (χ4v) is 2.88. The molecule has 1 rings (SSSR count). The molecule has 0 saturated heterocycles. The normalized spacial score (nSPS) is 12.3. The summed E-state index contributed by atoms with van der Waals surface area (Å²) in [6.07, 6.45) is 1.89. The highest BCUT2D eigenvalue weighted by Gasteiger charge is 2.36. The second-order valence-corrected chi connectivity index (χ2v) is 11.7.